The Hall–Kier alpha value is -1.38. The first-order valence-corrected chi connectivity index (χ1v) is 6.72. The Morgan fingerprint density at radius 1 is 1.22 bits per heavy atom. The third-order valence-electron chi connectivity index (χ3n) is 3.60. The van der Waals surface area contributed by atoms with E-state index in [-0.39, 0.29) is 11.2 Å². The summed E-state index contributed by atoms with van der Waals surface area (Å²) < 4.78 is 0. The molecule has 3 nitrogen and oxygen atoms in total. The fourth-order valence-corrected chi connectivity index (χ4v) is 1.81. The second kappa shape index (κ2) is 5.98. The Kier molecular flexibility index (Phi) is 4.88. The largest absolute Gasteiger partial charge is 0.357 e. The van der Waals surface area contributed by atoms with Crippen LogP contribution in [0.4, 0.5) is 5.82 Å². The molecule has 0 aromatic carbocycles. The third kappa shape index (κ3) is 3.09. The summed E-state index contributed by atoms with van der Waals surface area (Å²) in [5, 5.41) is 0. The van der Waals surface area contributed by atoms with Crippen LogP contribution in [-0.4, -0.2) is 23.9 Å². The Morgan fingerprint density at radius 2 is 1.83 bits per heavy atom. The zero-order chi connectivity index (χ0) is 13.8. The molecule has 18 heavy (non-hydrogen) atoms. The molecular weight excluding hydrogens is 224 g/mol. The summed E-state index contributed by atoms with van der Waals surface area (Å²) in [5.74, 6) is 1.11. The molecule has 0 fully saturated rings. The van der Waals surface area contributed by atoms with E-state index in [0.717, 1.165) is 25.3 Å². The third-order valence-corrected chi connectivity index (χ3v) is 3.60. The van der Waals surface area contributed by atoms with Crippen molar-refractivity contribution in [2.75, 3.05) is 18.0 Å². The van der Waals surface area contributed by atoms with Crippen molar-refractivity contribution < 1.29 is 4.79 Å². The minimum atomic E-state index is -0.307. The number of ketones is 1. The summed E-state index contributed by atoms with van der Waals surface area (Å²) in [6, 6.07) is 3.83. The van der Waals surface area contributed by atoms with Crippen LogP contribution in [-0.2, 0) is 0 Å². The van der Waals surface area contributed by atoms with Gasteiger partial charge in [-0.15, -0.1) is 0 Å². The quantitative estimate of drug-likeness (QED) is 0.722. The number of pyridine rings is 1. The summed E-state index contributed by atoms with van der Waals surface area (Å²) in [6.07, 6.45) is 2.54. The number of aromatic nitrogens is 1. The second-order valence-electron chi connectivity index (χ2n) is 5.14. The molecule has 1 heterocycles. The van der Waals surface area contributed by atoms with Crippen LogP contribution in [0.5, 0.6) is 0 Å². The molecule has 0 N–H and O–H groups in total. The topological polar surface area (TPSA) is 33.2 Å². The number of carbonyl (C=O) groups excluding carboxylic acids is 1. The van der Waals surface area contributed by atoms with Gasteiger partial charge in [-0.2, -0.15) is 0 Å². The maximum atomic E-state index is 12.3. The molecule has 0 aliphatic rings. The van der Waals surface area contributed by atoms with Crippen molar-refractivity contribution in [1.29, 1.82) is 0 Å². The Morgan fingerprint density at radius 3 is 2.22 bits per heavy atom. The summed E-state index contributed by atoms with van der Waals surface area (Å²) in [7, 11) is 0. The zero-order valence-electron chi connectivity index (χ0n) is 12.2. The highest BCUT2D eigenvalue weighted by Crippen LogP contribution is 2.25. The van der Waals surface area contributed by atoms with E-state index in [1.54, 1.807) is 6.20 Å². The van der Waals surface area contributed by atoms with Crippen molar-refractivity contribution in [3.8, 4) is 0 Å². The summed E-state index contributed by atoms with van der Waals surface area (Å²) in [4.78, 5) is 18.8. The van der Waals surface area contributed by atoms with Crippen LogP contribution >= 0.6 is 0 Å². The number of Topliss-reactive ketones (excluding diaryl/α,β-unsaturated/α-hetero) is 1. The molecule has 0 bridgehead atoms. The van der Waals surface area contributed by atoms with E-state index >= 15 is 0 Å². The lowest BCUT2D eigenvalue weighted by Crippen LogP contribution is -2.25. The molecule has 0 saturated heterocycles. The lowest BCUT2D eigenvalue weighted by atomic mass is 9.82. The van der Waals surface area contributed by atoms with E-state index in [0.29, 0.717) is 5.56 Å². The predicted molar refractivity (Wildman–Crippen MR) is 76.2 cm³/mol. The van der Waals surface area contributed by atoms with Crippen molar-refractivity contribution in [2.24, 2.45) is 5.41 Å². The van der Waals surface area contributed by atoms with Crippen LogP contribution in [0, 0.1) is 5.41 Å². The highest BCUT2D eigenvalue weighted by Gasteiger charge is 2.26. The highest BCUT2D eigenvalue weighted by atomic mass is 16.1. The maximum absolute atomic E-state index is 12.3. The summed E-state index contributed by atoms with van der Waals surface area (Å²) >= 11 is 0. The van der Waals surface area contributed by atoms with Gasteiger partial charge in [0.15, 0.2) is 5.78 Å². The van der Waals surface area contributed by atoms with Gasteiger partial charge < -0.3 is 4.90 Å². The van der Waals surface area contributed by atoms with Gasteiger partial charge in [-0.25, -0.2) is 4.98 Å². The lowest BCUT2D eigenvalue weighted by molar-refractivity contribution is 0.0832. The Bertz CT molecular complexity index is 391. The average Bonchev–Trinajstić information content (AvgIpc) is 2.40. The van der Waals surface area contributed by atoms with Crippen molar-refractivity contribution in [1.82, 2.24) is 4.98 Å². The molecule has 1 aromatic rings. The normalized spacial score (nSPS) is 11.4. The first-order chi connectivity index (χ1) is 8.46. The van der Waals surface area contributed by atoms with Gasteiger partial charge in [-0.3, -0.25) is 4.79 Å². The molecule has 0 spiro atoms. The monoisotopic (exact) mass is 248 g/mol. The molecule has 0 aliphatic carbocycles. The number of anilines is 1. The van der Waals surface area contributed by atoms with Crippen LogP contribution in [0.15, 0.2) is 18.3 Å². The van der Waals surface area contributed by atoms with E-state index in [1.165, 1.54) is 0 Å². The van der Waals surface area contributed by atoms with Gasteiger partial charge in [-0.1, -0.05) is 20.8 Å². The average molecular weight is 248 g/mol. The first kappa shape index (κ1) is 14.7. The van der Waals surface area contributed by atoms with Gasteiger partial charge in [0.1, 0.15) is 5.82 Å². The molecule has 0 aliphatic heterocycles. The molecule has 0 atom stereocenters. The van der Waals surface area contributed by atoms with E-state index < -0.39 is 0 Å². The van der Waals surface area contributed by atoms with Crippen LogP contribution in [0.1, 0.15) is 51.4 Å². The molecular formula is C15H24N2O. The van der Waals surface area contributed by atoms with Crippen LogP contribution in [0.2, 0.25) is 0 Å². The van der Waals surface area contributed by atoms with Crippen LogP contribution in [0.25, 0.3) is 0 Å². The predicted octanol–water partition coefficient (Wildman–Crippen LogP) is 3.55. The Balaban J connectivity index is 2.93. The van der Waals surface area contributed by atoms with Crippen LogP contribution in [0.3, 0.4) is 0 Å². The number of carbonyl (C=O) groups is 1. The molecule has 1 aromatic heterocycles. The molecule has 0 amide bonds. The molecule has 0 saturated carbocycles. The van der Waals surface area contributed by atoms with Gasteiger partial charge in [0.2, 0.25) is 0 Å². The highest BCUT2D eigenvalue weighted by molar-refractivity contribution is 5.99. The van der Waals surface area contributed by atoms with Gasteiger partial charge >= 0.3 is 0 Å². The maximum Gasteiger partial charge on any atom is 0.169 e. The summed E-state index contributed by atoms with van der Waals surface area (Å²) in [5.41, 5.74) is 0.399. The Labute approximate surface area is 110 Å². The van der Waals surface area contributed by atoms with Crippen LogP contribution < -0.4 is 4.90 Å². The van der Waals surface area contributed by atoms with Crippen molar-refractivity contribution >= 4 is 11.6 Å². The molecule has 0 radical (unpaired) electrons. The zero-order valence-corrected chi connectivity index (χ0v) is 12.2. The molecule has 0 unspecified atom stereocenters. The molecule has 100 valence electrons. The smallest absolute Gasteiger partial charge is 0.169 e. The van der Waals surface area contributed by atoms with Gasteiger partial charge in [-0.05, 0) is 32.4 Å². The van der Waals surface area contributed by atoms with Crippen molar-refractivity contribution in [2.45, 2.75) is 41.0 Å². The van der Waals surface area contributed by atoms with Gasteiger partial charge in [0.25, 0.3) is 0 Å². The van der Waals surface area contributed by atoms with E-state index in [2.05, 4.69) is 23.7 Å². The fourth-order valence-electron chi connectivity index (χ4n) is 1.81. The number of rotatable bonds is 6. The second-order valence-corrected chi connectivity index (χ2v) is 5.14. The van der Waals surface area contributed by atoms with E-state index in [9.17, 15) is 4.79 Å². The molecule has 1 rings (SSSR count). The first-order valence-electron chi connectivity index (χ1n) is 6.72. The number of hydrogen-bond donors (Lipinski definition) is 0. The minimum Gasteiger partial charge on any atom is -0.357 e. The number of nitrogens with zero attached hydrogens (tertiary/aromatic N) is 2. The SMILES string of the molecule is CCN(CC)c1ccc(C(=O)C(C)(C)CC)cn1. The van der Waals surface area contributed by atoms with Crippen molar-refractivity contribution in [3.63, 3.8) is 0 Å². The van der Waals surface area contributed by atoms with Gasteiger partial charge in [0, 0.05) is 30.3 Å². The van der Waals surface area contributed by atoms with Crippen molar-refractivity contribution in [3.05, 3.63) is 23.9 Å². The standard InChI is InChI=1S/C15H24N2O/c1-6-15(4,5)14(18)12-9-10-13(16-11-12)17(7-2)8-3/h9-11H,6-8H2,1-5H3. The molecule has 3 heteroatoms. The van der Waals surface area contributed by atoms with Gasteiger partial charge in [0.05, 0.1) is 0 Å². The fraction of sp³-hybridized carbons (Fsp3) is 0.600. The van der Waals surface area contributed by atoms with E-state index in [4.69, 9.17) is 0 Å². The lowest BCUT2D eigenvalue weighted by Gasteiger charge is -2.22. The summed E-state index contributed by atoms with van der Waals surface area (Å²) in [6.45, 7) is 12.1. The number of hydrogen-bond acceptors (Lipinski definition) is 3. The minimum absolute atomic E-state index is 0.170. The van der Waals surface area contributed by atoms with E-state index in [1.807, 2.05) is 32.9 Å².